The molecule has 0 N–H and O–H groups in total. The molecular formula is C21H20N2O3. The Labute approximate surface area is 152 Å². The molecule has 0 saturated carbocycles. The molecule has 2 atom stereocenters. The minimum absolute atomic E-state index is 0.0628. The summed E-state index contributed by atoms with van der Waals surface area (Å²) in [6.07, 6.45) is 0.233. The first-order valence-corrected chi connectivity index (χ1v) is 8.53. The molecule has 5 nitrogen and oxygen atoms in total. The van der Waals surface area contributed by atoms with E-state index in [1.54, 1.807) is 4.90 Å². The monoisotopic (exact) mass is 348 g/mol. The van der Waals surface area contributed by atoms with E-state index in [-0.39, 0.29) is 30.7 Å². The predicted molar refractivity (Wildman–Crippen MR) is 95.7 cm³/mol. The number of nitrogens with zero attached hydrogens (tertiary/aromatic N) is 2. The first-order chi connectivity index (χ1) is 12.7. The summed E-state index contributed by atoms with van der Waals surface area (Å²) >= 11 is 0. The smallest absolute Gasteiger partial charge is 0.305 e. The van der Waals surface area contributed by atoms with Crippen molar-refractivity contribution in [3.05, 3.63) is 71.8 Å². The van der Waals surface area contributed by atoms with Crippen molar-refractivity contribution >= 4 is 11.9 Å². The van der Waals surface area contributed by atoms with Crippen LogP contribution in [0.3, 0.4) is 0 Å². The van der Waals surface area contributed by atoms with E-state index in [1.165, 1.54) is 7.11 Å². The van der Waals surface area contributed by atoms with Crippen molar-refractivity contribution in [1.82, 2.24) is 4.90 Å². The van der Waals surface area contributed by atoms with E-state index in [2.05, 4.69) is 6.07 Å². The fraction of sp³-hybridized carbons (Fsp3) is 0.286. The predicted octanol–water partition coefficient (Wildman–Crippen LogP) is 3.08. The lowest BCUT2D eigenvalue weighted by Gasteiger charge is -2.32. The topological polar surface area (TPSA) is 70.4 Å². The number of esters is 1. The van der Waals surface area contributed by atoms with Gasteiger partial charge in [-0.2, -0.15) is 5.26 Å². The summed E-state index contributed by atoms with van der Waals surface area (Å²) in [7, 11) is 1.31. The highest BCUT2D eigenvalue weighted by atomic mass is 16.5. The molecule has 0 spiro atoms. The molecule has 0 bridgehead atoms. The Bertz CT molecular complexity index is 775. The first-order valence-electron chi connectivity index (χ1n) is 8.53. The van der Waals surface area contributed by atoms with Gasteiger partial charge in [0, 0.05) is 12.3 Å². The molecule has 0 aliphatic carbocycles. The number of hydrogen-bond donors (Lipinski definition) is 0. The van der Waals surface area contributed by atoms with Gasteiger partial charge >= 0.3 is 5.97 Å². The average molecular weight is 348 g/mol. The summed E-state index contributed by atoms with van der Waals surface area (Å²) in [6, 6.07) is 20.5. The molecule has 1 fully saturated rings. The summed E-state index contributed by atoms with van der Waals surface area (Å²) in [6.45, 7) is 0. The molecule has 0 radical (unpaired) electrons. The molecule has 1 aliphatic heterocycles. The highest BCUT2D eigenvalue weighted by Gasteiger charge is 2.45. The number of rotatable bonds is 5. The van der Waals surface area contributed by atoms with Gasteiger partial charge < -0.3 is 9.64 Å². The molecule has 26 heavy (non-hydrogen) atoms. The van der Waals surface area contributed by atoms with Crippen molar-refractivity contribution in [3.8, 4) is 6.07 Å². The Morgan fingerprint density at radius 3 is 2.15 bits per heavy atom. The van der Waals surface area contributed by atoms with Gasteiger partial charge in [0.15, 0.2) is 0 Å². The maximum absolute atomic E-state index is 12.8. The second-order valence-electron chi connectivity index (χ2n) is 6.34. The second-order valence-corrected chi connectivity index (χ2v) is 6.34. The van der Waals surface area contributed by atoms with Gasteiger partial charge in [-0.1, -0.05) is 60.7 Å². The van der Waals surface area contributed by atoms with Gasteiger partial charge in [0.25, 0.3) is 0 Å². The van der Waals surface area contributed by atoms with Crippen LogP contribution in [-0.2, 0) is 14.3 Å². The molecule has 1 amide bonds. The Morgan fingerprint density at radius 2 is 1.69 bits per heavy atom. The SMILES string of the molecule is COC(=O)C[C@H]1CC(=O)N(C(c2ccccc2)c2ccccc2)[C@@H]1C#N. The number of carbonyl (C=O) groups excluding carboxylic acids is 2. The van der Waals surface area contributed by atoms with Gasteiger partial charge in [-0.15, -0.1) is 0 Å². The van der Waals surface area contributed by atoms with Gasteiger partial charge in [0.05, 0.1) is 25.6 Å². The number of likely N-dealkylation sites (tertiary alicyclic amines) is 1. The van der Waals surface area contributed by atoms with Crippen LogP contribution in [0.4, 0.5) is 0 Å². The Morgan fingerprint density at radius 1 is 1.15 bits per heavy atom. The van der Waals surface area contributed by atoms with Gasteiger partial charge in [-0.3, -0.25) is 9.59 Å². The summed E-state index contributed by atoms with van der Waals surface area (Å²) in [4.78, 5) is 26.1. The van der Waals surface area contributed by atoms with Crippen molar-refractivity contribution < 1.29 is 14.3 Å². The average Bonchev–Trinajstić information content (AvgIpc) is 2.98. The largest absolute Gasteiger partial charge is 0.469 e. The molecule has 132 valence electrons. The number of benzene rings is 2. The van der Waals surface area contributed by atoms with Crippen molar-refractivity contribution in [2.24, 2.45) is 5.92 Å². The van der Waals surface area contributed by atoms with E-state index >= 15 is 0 Å². The summed E-state index contributed by atoms with van der Waals surface area (Å²) in [5, 5.41) is 9.76. The van der Waals surface area contributed by atoms with Crippen LogP contribution >= 0.6 is 0 Å². The van der Waals surface area contributed by atoms with E-state index in [1.807, 2.05) is 60.7 Å². The third-order valence-corrected chi connectivity index (χ3v) is 4.77. The zero-order valence-corrected chi connectivity index (χ0v) is 14.5. The zero-order chi connectivity index (χ0) is 18.5. The normalized spacial score (nSPS) is 19.4. The molecule has 3 rings (SSSR count). The van der Waals surface area contributed by atoms with Crippen molar-refractivity contribution in [2.45, 2.75) is 24.9 Å². The number of carbonyl (C=O) groups is 2. The lowest BCUT2D eigenvalue weighted by atomic mass is 9.94. The molecule has 1 saturated heterocycles. The molecular weight excluding hydrogens is 328 g/mol. The van der Waals surface area contributed by atoms with E-state index in [4.69, 9.17) is 4.74 Å². The summed E-state index contributed by atoms with van der Waals surface area (Å²) in [5.41, 5.74) is 1.87. The van der Waals surface area contributed by atoms with Crippen molar-refractivity contribution in [3.63, 3.8) is 0 Å². The Kier molecular flexibility index (Phi) is 5.33. The Hall–Kier alpha value is -3.13. The lowest BCUT2D eigenvalue weighted by Crippen LogP contribution is -2.38. The maximum atomic E-state index is 12.8. The minimum Gasteiger partial charge on any atom is -0.469 e. The molecule has 1 heterocycles. The van der Waals surface area contributed by atoms with Gasteiger partial charge in [-0.25, -0.2) is 0 Å². The van der Waals surface area contributed by atoms with Crippen LogP contribution < -0.4 is 0 Å². The van der Waals surface area contributed by atoms with Crippen LogP contribution in [0.5, 0.6) is 0 Å². The van der Waals surface area contributed by atoms with E-state index in [9.17, 15) is 14.9 Å². The van der Waals surface area contributed by atoms with Crippen LogP contribution in [0.2, 0.25) is 0 Å². The molecule has 2 aromatic rings. The van der Waals surface area contributed by atoms with E-state index < -0.39 is 12.0 Å². The van der Waals surface area contributed by atoms with Crippen LogP contribution in [0, 0.1) is 17.2 Å². The lowest BCUT2D eigenvalue weighted by molar-refractivity contribution is -0.141. The molecule has 2 aromatic carbocycles. The highest BCUT2D eigenvalue weighted by Crippen LogP contribution is 2.38. The van der Waals surface area contributed by atoms with Crippen LogP contribution in [0.25, 0.3) is 0 Å². The van der Waals surface area contributed by atoms with Gasteiger partial charge in [0.2, 0.25) is 5.91 Å². The van der Waals surface area contributed by atoms with Gasteiger partial charge in [-0.05, 0) is 11.1 Å². The second kappa shape index (κ2) is 7.83. The Balaban J connectivity index is 2.02. The highest BCUT2D eigenvalue weighted by molar-refractivity contribution is 5.82. The van der Waals surface area contributed by atoms with Gasteiger partial charge in [0.1, 0.15) is 6.04 Å². The third kappa shape index (κ3) is 3.45. The van der Waals surface area contributed by atoms with Crippen LogP contribution in [0.1, 0.15) is 30.0 Å². The molecule has 1 aliphatic rings. The number of amides is 1. The fourth-order valence-electron chi connectivity index (χ4n) is 3.56. The number of methoxy groups -OCH3 is 1. The minimum atomic E-state index is -0.674. The third-order valence-electron chi connectivity index (χ3n) is 4.77. The zero-order valence-electron chi connectivity index (χ0n) is 14.5. The van der Waals surface area contributed by atoms with E-state index in [0.29, 0.717) is 0 Å². The summed E-state index contributed by atoms with van der Waals surface area (Å²) in [5.74, 6) is -0.890. The number of hydrogen-bond acceptors (Lipinski definition) is 4. The van der Waals surface area contributed by atoms with E-state index in [0.717, 1.165) is 11.1 Å². The molecule has 0 aromatic heterocycles. The molecule has 5 heteroatoms. The number of ether oxygens (including phenoxy) is 1. The number of nitriles is 1. The molecule has 0 unspecified atom stereocenters. The first kappa shape index (κ1) is 17.7. The maximum Gasteiger partial charge on any atom is 0.305 e. The van der Waals surface area contributed by atoms with Crippen LogP contribution in [0.15, 0.2) is 60.7 Å². The standard InChI is InChI=1S/C21H20N2O3/c1-26-20(25)13-17-12-19(24)23(18(17)14-22)21(15-8-4-2-5-9-15)16-10-6-3-7-11-16/h2-11,17-18,21H,12-13H2,1H3/t17-,18-/m1/s1. The van der Waals surface area contributed by atoms with Crippen molar-refractivity contribution in [2.75, 3.05) is 7.11 Å². The summed E-state index contributed by atoms with van der Waals surface area (Å²) < 4.78 is 4.73. The van der Waals surface area contributed by atoms with Crippen LogP contribution in [-0.4, -0.2) is 29.9 Å². The fourth-order valence-corrected chi connectivity index (χ4v) is 3.56. The quantitative estimate of drug-likeness (QED) is 0.779. The van der Waals surface area contributed by atoms with Crippen molar-refractivity contribution in [1.29, 1.82) is 5.26 Å².